The molecule has 1 N–H and O–H groups in total. The van der Waals surface area contributed by atoms with Crippen molar-refractivity contribution >= 4 is 17.3 Å². The van der Waals surface area contributed by atoms with Crippen LogP contribution in [0.25, 0.3) is 0 Å². The maximum absolute atomic E-state index is 6.38. The number of halogens is 1. The third-order valence-electron chi connectivity index (χ3n) is 6.46. The summed E-state index contributed by atoms with van der Waals surface area (Å²) >= 11 is 6.38. The predicted octanol–water partition coefficient (Wildman–Crippen LogP) is 7.94. The van der Waals surface area contributed by atoms with Gasteiger partial charge in [0, 0.05) is 16.4 Å². The maximum Gasteiger partial charge on any atom is 0.0458 e. The minimum Gasteiger partial charge on any atom is -0.359 e. The van der Waals surface area contributed by atoms with Gasteiger partial charge in [-0.2, -0.15) is 0 Å². The summed E-state index contributed by atoms with van der Waals surface area (Å²) in [6, 6.07) is 6.20. The highest BCUT2D eigenvalue weighted by Gasteiger charge is 2.32. The molecule has 1 aromatic rings. The average Bonchev–Trinajstić information content (AvgIpc) is 3.23. The van der Waals surface area contributed by atoms with Crippen molar-refractivity contribution in [2.45, 2.75) is 65.2 Å². The van der Waals surface area contributed by atoms with Crippen LogP contribution < -0.4 is 5.32 Å². The number of anilines is 1. The van der Waals surface area contributed by atoms with Crippen LogP contribution in [0, 0.1) is 17.8 Å². The SMILES string of the molecule is C=C(CC)Nc1ccc(CC2CCCC2=C)c(Cl)c1.CC1C=C2CCCC21. The van der Waals surface area contributed by atoms with Crippen molar-refractivity contribution in [3.05, 3.63) is 64.9 Å². The number of rotatable bonds is 5. The minimum absolute atomic E-state index is 0.613. The van der Waals surface area contributed by atoms with Crippen LogP contribution in [-0.2, 0) is 6.42 Å². The van der Waals surface area contributed by atoms with Crippen molar-refractivity contribution in [2.24, 2.45) is 17.8 Å². The number of fused-ring (bicyclic) bond motifs is 1. The predicted molar refractivity (Wildman–Crippen MR) is 119 cm³/mol. The molecule has 1 aromatic carbocycles. The molecule has 3 atom stereocenters. The van der Waals surface area contributed by atoms with Gasteiger partial charge in [-0.05, 0) is 86.8 Å². The molecule has 0 amide bonds. The van der Waals surface area contributed by atoms with Crippen LogP contribution in [0.2, 0.25) is 5.02 Å². The molecule has 0 aromatic heterocycles. The maximum atomic E-state index is 6.38. The third-order valence-corrected chi connectivity index (χ3v) is 6.82. The van der Waals surface area contributed by atoms with Crippen LogP contribution in [0.3, 0.4) is 0 Å². The van der Waals surface area contributed by atoms with E-state index in [0.717, 1.165) is 41.1 Å². The summed E-state index contributed by atoms with van der Waals surface area (Å²) in [5, 5.41) is 4.11. The molecule has 0 spiro atoms. The smallest absolute Gasteiger partial charge is 0.0458 e. The van der Waals surface area contributed by atoms with Crippen molar-refractivity contribution in [1.82, 2.24) is 0 Å². The van der Waals surface area contributed by atoms with Gasteiger partial charge in [-0.3, -0.25) is 0 Å². The zero-order chi connectivity index (χ0) is 19.4. The van der Waals surface area contributed by atoms with Crippen LogP contribution in [0.1, 0.15) is 64.4 Å². The van der Waals surface area contributed by atoms with Crippen LogP contribution in [0.5, 0.6) is 0 Å². The van der Waals surface area contributed by atoms with Crippen LogP contribution in [0.15, 0.2) is 54.3 Å². The Morgan fingerprint density at radius 1 is 1.22 bits per heavy atom. The fraction of sp³-hybridized carbons (Fsp3) is 0.520. The summed E-state index contributed by atoms with van der Waals surface area (Å²) in [5.41, 5.74) is 6.40. The van der Waals surface area contributed by atoms with E-state index in [1.54, 1.807) is 5.57 Å². The average molecular weight is 384 g/mol. The molecule has 2 fully saturated rings. The first kappa shape index (κ1) is 20.3. The van der Waals surface area contributed by atoms with E-state index >= 15 is 0 Å². The molecule has 3 aliphatic carbocycles. The molecule has 0 saturated heterocycles. The van der Waals surface area contributed by atoms with Crippen LogP contribution in [-0.4, -0.2) is 0 Å². The molecule has 2 heteroatoms. The van der Waals surface area contributed by atoms with E-state index in [-0.39, 0.29) is 0 Å². The summed E-state index contributed by atoms with van der Waals surface area (Å²) in [4.78, 5) is 0. The van der Waals surface area contributed by atoms with E-state index in [1.807, 2.05) is 6.07 Å². The van der Waals surface area contributed by atoms with E-state index in [2.05, 4.69) is 50.5 Å². The molecule has 4 rings (SSSR count). The number of allylic oxidation sites excluding steroid dienone is 4. The molecule has 0 aliphatic heterocycles. The summed E-state index contributed by atoms with van der Waals surface area (Å²) in [6.45, 7) is 12.5. The van der Waals surface area contributed by atoms with Crippen molar-refractivity contribution in [1.29, 1.82) is 0 Å². The number of nitrogens with one attached hydrogen (secondary N) is 1. The molecule has 146 valence electrons. The van der Waals surface area contributed by atoms with Gasteiger partial charge in [-0.15, -0.1) is 0 Å². The number of benzene rings is 1. The van der Waals surface area contributed by atoms with Gasteiger partial charge in [-0.1, -0.05) is 61.9 Å². The highest BCUT2D eigenvalue weighted by atomic mass is 35.5. The summed E-state index contributed by atoms with van der Waals surface area (Å²) in [7, 11) is 0. The molecular formula is C25H34ClN. The number of hydrogen-bond donors (Lipinski definition) is 1. The van der Waals surface area contributed by atoms with Crippen molar-refractivity contribution in [2.75, 3.05) is 5.32 Å². The molecule has 27 heavy (non-hydrogen) atoms. The second-order valence-corrected chi connectivity index (χ2v) is 8.85. The summed E-state index contributed by atoms with van der Waals surface area (Å²) in [5.74, 6) is 2.56. The zero-order valence-corrected chi connectivity index (χ0v) is 17.7. The first-order valence-electron chi connectivity index (χ1n) is 10.6. The first-order chi connectivity index (χ1) is 13.0. The Labute approximate surface area is 170 Å². The Bertz CT molecular complexity index is 730. The Morgan fingerprint density at radius 2 is 2.00 bits per heavy atom. The molecule has 0 radical (unpaired) electrons. The van der Waals surface area contributed by atoms with Gasteiger partial charge in [0.25, 0.3) is 0 Å². The zero-order valence-electron chi connectivity index (χ0n) is 17.0. The largest absolute Gasteiger partial charge is 0.359 e. The van der Waals surface area contributed by atoms with E-state index in [0.29, 0.717) is 5.92 Å². The van der Waals surface area contributed by atoms with Crippen molar-refractivity contribution < 1.29 is 0 Å². The van der Waals surface area contributed by atoms with Gasteiger partial charge in [0.15, 0.2) is 0 Å². The lowest BCUT2D eigenvalue weighted by molar-refractivity contribution is 0.443. The standard InChI is InChI=1S/C17H22ClN.C8H12/c1-4-13(3)19-16-9-8-15(17(18)11-16)10-14-7-5-6-12(14)2;1-6-5-7-3-2-4-8(6)7/h8-9,11,14,19H,2-7,10H2,1H3;5-6,8H,2-4H2,1H3. The Morgan fingerprint density at radius 3 is 2.56 bits per heavy atom. The molecule has 3 aliphatic rings. The molecule has 2 saturated carbocycles. The minimum atomic E-state index is 0.613. The summed E-state index contributed by atoms with van der Waals surface area (Å²) in [6.07, 6.45) is 12.4. The lowest BCUT2D eigenvalue weighted by atomic mass is 9.78. The normalized spacial score (nSPS) is 25.8. The van der Waals surface area contributed by atoms with E-state index in [4.69, 9.17) is 11.6 Å². The molecule has 1 nitrogen and oxygen atoms in total. The van der Waals surface area contributed by atoms with E-state index < -0.39 is 0 Å². The third kappa shape index (κ3) is 5.08. The van der Waals surface area contributed by atoms with Gasteiger partial charge < -0.3 is 5.32 Å². The Balaban J connectivity index is 0.000000216. The quantitative estimate of drug-likeness (QED) is 0.509. The monoisotopic (exact) mass is 383 g/mol. The fourth-order valence-corrected chi connectivity index (χ4v) is 4.88. The lowest BCUT2D eigenvalue weighted by Gasteiger charge is -2.27. The lowest BCUT2D eigenvalue weighted by Crippen LogP contribution is -2.16. The Hall–Kier alpha value is -1.47. The van der Waals surface area contributed by atoms with Gasteiger partial charge in [0.05, 0.1) is 0 Å². The highest BCUT2D eigenvalue weighted by Crippen LogP contribution is 2.45. The summed E-state index contributed by atoms with van der Waals surface area (Å²) < 4.78 is 0. The topological polar surface area (TPSA) is 12.0 Å². The molecular weight excluding hydrogens is 350 g/mol. The van der Waals surface area contributed by atoms with Gasteiger partial charge in [0.1, 0.15) is 0 Å². The van der Waals surface area contributed by atoms with Crippen molar-refractivity contribution in [3.8, 4) is 0 Å². The van der Waals surface area contributed by atoms with Gasteiger partial charge in [0.2, 0.25) is 0 Å². The van der Waals surface area contributed by atoms with Gasteiger partial charge in [-0.25, -0.2) is 0 Å². The van der Waals surface area contributed by atoms with Crippen LogP contribution >= 0.6 is 11.6 Å². The molecule has 0 heterocycles. The first-order valence-corrected chi connectivity index (χ1v) is 11.0. The van der Waals surface area contributed by atoms with E-state index in [1.165, 1.54) is 49.7 Å². The highest BCUT2D eigenvalue weighted by molar-refractivity contribution is 6.31. The second kappa shape index (κ2) is 9.15. The van der Waals surface area contributed by atoms with Crippen LogP contribution in [0.4, 0.5) is 5.69 Å². The molecule has 0 bridgehead atoms. The fourth-order valence-electron chi connectivity index (χ4n) is 4.62. The molecule has 3 unspecified atom stereocenters. The van der Waals surface area contributed by atoms with Crippen molar-refractivity contribution in [3.63, 3.8) is 0 Å². The van der Waals surface area contributed by atoms with Gasteiger partial charge >= 0.3 is 0 Å². The number of hydrogen-bond acceptors (Lipinski definition) is 1. The second-order valence-electron chi connectivity index (χ2n) is 8.44. The van der Waals surface area contributed by atoms with E-state index in [9.17, 15) is 0 Å². The Kier molecular flexibility index (Phi) is 6.87.